The molecule has 14 heavy (non-hydrogen) atoms. The van der Waals surface area contributed by atoms with Gasteiger partial charge in [0.15, 0.2) is 0 Å². The van der Waals surface area contributed by atoms with Gasteiger partial charge in [-0.25, -0.2) is 0 Å². The van der Waals surface area contributed by atoms with Crippen molar-refractivity contribution >= 4 is 11.6 Å². The molecule has 4 heteroatoms. The Morgan fingerprint density at radius 2 is 1.93 bits per heavy atom. The van der Waals surface area contributed by atoms with Crippen LogP contribution in [-0.2, 0) is 4.79 Å². The number of carbonyl (C=O) groups is 1. The summed E-state index contributed by atoms with van der Waals surface area (Å²) in [6, 6.07) is 3.19. The van der Waals surface area contributed by atoms with Gasteiger partial charge in [-0.05, 0) is 37.1 Å². The molecule has 0 fully saturated rings. The number of benzene rings is 1. The van der Waals surface area contributed by atoms with Gasteiger partial charge in [0.1, 0.15) is 5.75 Å². The van der Waals surface area contributed by atoms with Crippen LogP contribution >= 0.6 is 0 Å². The van der Waals surface area contributed by atoms with E-state index >= 15 is 0 Å². The van der Waals surface area contributed by atoms with E-state index in [-0.39, 0.29) is 18.2 Å². The lowest BCUT2D eigenvalue weighted by molar-refractivity contribution is -0.114. The third kappa shape index (κ3) is 2.23. The first kappa shape index (κ1) is 10.5. The van der Waals surface area contributed by atoms with E-state index in [1.54, 1.807) is 12.1 Å². The Hall–Kier alpha value is -1.55. The van der Waals surface area contributed by atoms with E-state index < -0.39 is 0 Å². The largest absolute Gasteiger partial charge is 0.508 e. The maximum Gasteiger partial charge on any atom is 0.238 e. The summed E-state index contributed by atoms with van der Waals surface area (Å²) >= 11 is 0. The summed E-state index contributed by atoms with van der Waals surface area (Å²) in [6.07, 6.45) is 0. The molecule has 0 aliphatic rings. The smallest absolute Gasteiger partial charge is 0.238 e. The average Bonchev–Trinajstić information content (AvgIpc) is 2.10. The van der Waals surface area contributed by atoms with Gasteiger partial charge < -0.3 is 16.2 Å². The number of amides is 1. The second kappa shape index (κ2) is 4.11. The number of hydrogen-bond acceptors (Lipinski definition) is 3. The van der Waals surface area contributed by atoms with E-state index in [0.29, 0.717) is 0 Å². The number of hydrogen-bond donors (Lipinski definition) is 3. The average molecular weight is 194 g/mol. The number of aromatic hydroxyl groups is 1. The highest BCUT2D eigenvalue weighted by Crippen LogP contribution is 2.25. The number of anilines is 1. The number of rotatable bonds is 2. The van der Waals surface area contributed by atoms with Crippen LogP contribution in [0.1, 0.15) is 11.1 Å². The number of carbonyl (C=O) groups excluding carboxylic acids is 1. The van der Waals surface area contributed by atoms with Crippen LogP contribution in [0.3, 0.4) is 0 Å². The molecular weight excluding hydrogens is 180 g/mol. The molecule has 0 unspecified atom stereocenters. The summed E-state index contributed by atoms with van der Waals surface area (Å²) < 4.78 is 0. The fraction of sp³-hybridized carbons (Fsp3) is 0.300. The van der Waals surface area contributed by atoms with Crippen molar-refractivity contribution in [3.05, 3.63) is 23.3 Å². The van der Waals surface area contributed by atoms with Crippen molar-refractivity contribution in [3.63, 3.8) is 0 Å². The Morgan fingerprint density at radius 3 is 2.36 bits per heavy atom. The summed E-state index contributed by atoms with van der Waals surface area (Å²) in [6.45, 7) is 3.59. The summed E-state index contributed by atoms with van der Waals surface area (Å²) in [5.74, 6) is -0.0346. The molecule has 0 saturated heterocycles. The van der Waals surface area contributed by atoms with Crippen LogP contribution < -0.4 is 11.1 Å². The van der Waals surface area contributed by atoms with Crippen molar-refractivity contribution in [1.29, 1.82) is 0 Å². The van der Waals surface area contributed by atoms with Crippen molar-refractivity contribution in [2.45, 2.75) is 13.8 Å². The molecule has 0 aromatic heterocycles. The maximum absolute atomic E-state index is 11.1. The third-order valence-electron chi connectivity index (χ3n) is 1.97. The van der Waals surface area contributed by atoms with E-state index in [0.717, 1.165) is 16.8 Å². The minimum atomic E-state index is -0.234. The van der Waals surface area contributed by atoms with Gasteiger partial charge >= 0.3 is 0 Å². The minimum Gasteiger partial charge on any atom is -0.508 e. The van der Waals surface area contributed by atoms with E-state index in [9.17, 15) is 9.90 Å². The summed E-state index contributed by atoms with van der Waals surface area (Å²) in [4.78, 5) is 11.1. The Morgan fingerprint density at radius 1 is 1.43 bits per heavy atom. The molecule has 0 atom stereocenters. The normalized spacial score (nSPS) is 9.93. The van der Waals surface area contributed by atoms with Gasteiger partial charge in [0.25, 0.3) is 0 Å². The fourth-order valence-corrected chi connectivity index (χ4v) is 1.33. The highest BCUT2D eigenvalue weighted by Gasteiger charge is 2.07. The molecule has 0 saturated carbocycles. The Bertz CT molecular complexity index is 338. The lowest BCUT2D eigenvalue weighted by atomic mass is 10.1. The predicted octanol–water partition coefficient (Wildman–Crippen LogP) is 0.906. The second-order valence-corrected chi connectivity index (χ2v) is 3.21. The van der Waals surface area contributed by atoms with Gasteiger partial charge in [-0.1, -0.05) is 0 Å². The Kier molecular flexibility index (Phi) is 3.09. The molecule has 4 nitrogen and oxygen atoms in total. The molecule has 0 spiro atoms. The van der Waals surface area contributed by atoms with E-state index in [2.05, 4.69) is 5.32 Å². The van der Waals surface area contributed by atoms with Crippen molar-refractivity contribution in [2.75, 3.05) is 11.9 Å². The quantitative estimate of drug-likeness (QED) is 0.612. The molecule has 0 aliphatic carbocycles. The van der Waals surface area contributed by atoms with E-state index in [1.165, 1.54) is 0 Å². The molecule has 1 aromatic rings. The zero-order valence-electron chi connectivity index (χ0n) is 8.29. The van der Waals surface area contributed by atoms with Crippen LogP contribution in [0.2, 0.25) is 0 Å². The molecule has 0 aliphatic heterocycles. The second-order valence-electron chi connectivity index (χ2n) is 3.21. The standard InChI is InChI=1S/C10H14N2O2/c1-6-3-8(13)4-7(2)10(6)12-9(14)5-11/h3-4,13H,5,11H2,1-2H3,(H,12,14). The number of phenolic OH excluding ortho intramolecular Hbond substituents is 1. The highest BCUT2D eigenvalue weighted by molar-refractivity contribution is 5.93. The summed E-state index contributed by atoms with van der Waals surface area (Å²) in [7, 11) is 0. The lowest BCUT2D eigenvalue weighted by Crippen LogP contribution is -2.22. The first-order chi connectivity index (χ1) is 6.54. The molecule has 1 amide bonds. The first-order valence-electron chi connectivity index (χ1n) is 4.34. The van der Waals surface area contributed by atoms with Crippen LogP contribution in [-0.4, -0.2) is 17.6 Å². The number of phenols is 1. The van der Waals surface area contributed by atoms with Crippen LogP contribution in [0.4, 0.5) is 5.69 Å². The minimum absolute atomic E-state index is 0.0419. The number of nitrogens with two attached hydrogens (primary N) is 1. The maximum atomic E-state index is 11.1. The number of nitrogens with one attached hydrogen (secondary N) is 1. The number of aryl methyl sites for hydroxylation is 2. The molecule has 0 heterocycles. The zero-order chi connectivity index (χ0) is 10.7. The van der Waals surface area contributed by atoms with Crippen LogP contribution in [0.5, 0.6) is 5.75 Å². The summed E-state index contributed by atoms with van der Waals surface area (Å²) in [5, 5.41) is 12.0. The predicted molar refractivity (Wildman–Crippen MR) is 55.3 cm³/mol. The van der Waals surface area contributed by atoms with Gasteiger partial charge in [0.05, 0.1) is 6.54 Å². The molecule has 0 bridgehead atoms. The van der Waals surface area contributed by atoms with Crippen molar-refractivity contribution in [2.24, 2.45) is 5.73 Å². The molecule has 1 rings (SSSR count). The SMILES string of the molecule is Cc1cc(O)cc(C)c1NC(=O)CN. The Balaban J connectivity index is 3.02. The van der Waals surface area contributed by atoms with Gasteiger partial charge in [-0.2, -0.15) is 0 Å². The summed E-state index contributed by atoms with van der Waals surface area (Å²) in [5.41, 5.74) is 7.56. The monoisotopic (exact) mass is 194 g/mol. The zero-order valence-corrected chi connectivity index (χ0v) is 8.29. The lowest BCUT2D eigenvalue weighted by Gasteiger charge is -2.11. The van der Waals surface area contributed by atoms with Crippen LogP contribution in [0.15, 0.2) is 12.1 Å². The van der Waals surface area contributed by atoms with Crippen molar-refractivity contribution in [1.82, 2.24) is 0 Å². The van der Waals surface area contributed by atoms with Crippen LogP contribution in [0, 0.1) is 13.8 Å². The van der Waals surface area contributed by atoms with Crippen molar-refractivity contribution in [3.8, 4) is 5.75 Å². The van der Waals surface area contributed by atoms with Crippen molar-refractivity contribution < 1.29 is 9.90 Å². The van der Waals surface area contributed by atoms with Gasteiger partial charge in [-0.15, -0.1) is 0 Å². The topological polar surface area (TPSA) is 75.3 Å². The molecular formula is C10H14N2O2. The van der Waals surface area contributed by atoms with Crippen LogP contribution in [0.25, 0.3) is 0 Å². The van der Waals surface area contributed by atoms with E-state index in [4.69, 9.17) is 5.73 Å². The molecule has 0 radical (unpaired) electrons. The highest BCUT2D eigenvalue weighted by atomic mass is 16.3. The Labute approximate surface area is 82.7 Å². The van der Waals surface area contributed by atoms with Gasteiger partial charge in [0.2, 0.25) is 5.91 Å². The molecule has 4 N–H and O–H groups in total. The molecule has 76 valence electrons. The first-order valence-corrected chi connectivity index (χ1v) is 4.34. The van der Waals surface area contributed by atoms with Gasteiger partial charge in [-0.3, -0.25) is 4.79 Å². The van der Waals surface area contributed by atoms with E-state index in [1.807, 2.05) is 13.8 Å². The van der Waals surface area contributed by atoms with Gasteiger partial charge in [0, 0.05) is 5.69 Å². The molecule has 1 aromatic carbocycles. The fourth-order valence-electron chi connectivity index (χ4n) is 1.33. The third-order valence-corrected chi connectivity index (χ3v) is 1.97.